The third-order valence-electron chi connectivity index (χ3n) is 20.8. The van der Waals surface area contributed by atoms with Crippen LogP contribution in [0.1, 0.15) is 367 Å². The summed E-state index contributed by atoms with van der Waals surface area (Å²) in [5, 5.41) is 0. The number of fused-ring (bicyclic) bond motifs is 2. The van der Waals surface area contributed by atoms with E-state index in [2.05, 4.69) is 19.9 Å². The fourth-order valence-corrected chi connectivity index (χ4v) is 15.5. The number of phosphoric ester groups is 2. The number of hydrogen-bond donors (Lipinski definition) is 0. The van der Waals surface area contributed by atoms with Gasteiger partial charge in [-0.25, -0.2) is 0 Å². The molecule has 0 aromatic carbocycles. The number of quaternary nitrogens is 2. The molecule has 0 spiro atoms. The van der Waals surface area contributed by atoms with Gasteiger partial charge in [-0.1, -0.05) is 295 Å². The zero-order valence-electron chi connectivity index (χ0n) is 68.9. The lowest BCUT2D eigenvalue weighted by Crippen LogP contribution is -2.37. The Labute approximate surface area is 646 Å². The van der Waals surface area contributed by atoms with Gasteiger partial charge in [0.1, 0.15) is 39.5 Å². The van der Waals surface area contributed by atoms with Crippen LogP contribution in [0.3, 0.4) is 0 Å². The number of carbonyl (C=O) groups excluding carboxylic acids is 5. The van der Waals surface area contributed by atoms with Gasteiger partial charge in [-0.15, -0.1) is 0 Å². The summed E-state index contributed by atoms with van der Waals surface area (Å²) in [5.41, 5.74) is 1.56. The molecule has 0 aromatic rings. The first-order valence-corrected chi connectivity index (χ1v) is 46.2. The average molecular weight is 1550 g/mol. The summed E-state index contributed by atoms with van der Waals surface area (Å²) in [6, 6.07) is 0. The number of nitrogens with zero attached hydrogens (tertiary/aromatic N) is 2. The summed E-state index contributed by atoms with van der Waals surface area (Å²) < 4.78 is 74.3. The zero-order valence-corrected chi connectivity index (χ0v) is 70.6. The SMILES string of the molecule is CCCCCCCCCCCCCCCC(=O)OC[C@H](COP(=O)([O-])OCC[N+](C)(C)C)OC(=O)CCCCCCCCCCCCCCCC1=CC2CC1CC2C(=O)OCCCCCCCCCCCC(=O)O[C@@H](COC(=O)CCCCCCCCCCCCCCC)COP(=O)([O-])OCC[N+](C)(C)C. The Bertz CT molecular complexity index is 2350. The van der Waals surface area contributed by atoms with Crippen molar-refractivity contribution in [1.82, 2.24) is 0 Å². The predicted molar refractivity (Wildman–Crippen MR) is 421 cm³/mol. The van der Waals surface area contributed by atoms with E-state index in [1.165, 1.54) is 180 Å². The lowest BCUT2D eigenvalue weighted by molar-refractivity contribution is -0.870. The Morgan fingerprint density at radius 1 is 0.368 bits per heavy atom. The second kappa shape index (κ2) is 63.7. The quantitative estimate of drug-likeness (QED) is 0.0137. The highest BCUT2D eigenvalue weighted by Gasteiger charge is 2.44. The fraction of sp³-hybridized carbons (Fsp3) is 0.917. The van der Waals surface area contributed by atoms with Crippen LogP contribution in [0.5, 0.6) is 0 Å². The molecule has 1 saturated carbocycles. The first kappa shape index (κ1) is 99.3. The average Bonchev–Trinajstić information content (AvgIpc) is 1.64. The van der Waals surface area contributed by atoms with Crippen molar-refractivity contribution >= 4 is 45.5 Å². The maximum absolute atomic E-state index is 13.1. The van der Waals surface area contributed by atoms with Crippen LogP contribution in [0.4, 0.5) is 0 Å². The molecule has 2 aliphatic carbocycles. The molecule has 0 heterocycles. The summed E-state index contributed by atoms with van der Waals surface area (Å²) >= 11 is 0. The van der Waals surface area contributed by atoms with Gasteiger partial charge in [0.15, 0.2) is 12.2 Å². The number of unbranched alkanes of at least 4 members (excludes halogenated alkanes) is 44. The van der Waals surface area contributed by atoms with Crippen molar-refractivity contribution in [2.24, 2.45) is 17.8 Å². The van der Waals surface area contributed by atoms with Gasteiger partial charge < -0.3 is 60.5 Å². The minimum absolute atomic E-state index is 0.00392. The Balaban J connectivity index is 1.51. The van der Waals surface area contributed by atoms with Crippen molar-refractivity contribution in [3.63, 3.8) is 0 Å². The van der Waals surface area contributed by atoms with Crippen molar-refractivity contribution < 1.29 is 93.6 Å². The van der Waals surface area contributed by atoms with E-state index >= 15 is 0 Å². The highest BCUT2D eigenvalue weighted by atomic mass is 31.2. The first-order valence-electron chi connectivity index (χ1n) is 43.3. The monoisotopic (exact) mass is 1550 g/mol. The molecule has 0 amide bonds. The van der Waals surface area contributed by atoms with Gasteiger partial charge in [-0.3, -0.25) is 33.1 Å². The van der Waals surface area contributed by atoms with E-state index in [4.69, 9.17) is 41.8 Å². The number of ether oxygens (including phenoxy) is 5. The lowest BCUT2D eigenvalue weighted by Gasteiger charge is -2.28. The number of hydrogen-bond acceptors (Lipinski definition) is 18. The molecule has 0 saturated heterocycles. The minimum atomic E-state index is -4.68. The van der Waals surface area contributed by atoms with Crippen molar-refractivity contribution in [2.75, 3.05) is 102 Å². The van der Waals surface area contributed by atoms with Gasteiger partial charge in [0.05, 0.1) is 68.0 Å². The molecule has 0 radical (unpaired) electrons. The molecule has 622 valence electrons. The molecule has 2 bridgehead atoms. The Morgan fingerprint density at radius 3 is 0.962 bits per heavy atom. The van der Waals surface area contributed by atoms with Crippen LogP contribution in [0.15, 0.2) is 11.6 Å². The van der Waals surface area contributed by atoms with E-state index < -0.39 is 64.9 Å². The predicted octanol–water partition coefficient (Wildman–Crippen LogP) is 20.2. The number of carbonyl (C=O) groups is 5. The Morgan fingerprint density at radius 2 is 0.660 bits per heavy atom. The Hall–Kier alpha value is -2.77. The second-order valence-corrected chi connectivity index (χ2v) is 36.0. The Kier molecular flexibility index (Phi) is 59.7. The molecular formula is C84H158N2O18P2. The first-order chi connectivity index (χ1) is 50.9. The van der Waals surface area contributed by atoms with Gasteiger partial charge >= 0.3 is 29.8 Å². The molecule has 106 heavy (non-hydrogen) atoms. The molecule has 0 aromatic heterocycles. The van der Waals surface area contributed by atoms with E-state index in [9.17, 15) is 42.9 Å². The van der Waals surface area contributed by atoms with Gasteiger partial charge in [0.25, 0.3) is 15.6 Å². The molecule has 22 heteroatoms. The summed E-state index contributed by atoms with van der Waals surface area (Å²) in [6.07, 6.45) is 59.2. The van der Waals surface area contributed by atoms with Crippen LogP contribution in [-0.2, 0) is 74.9 Å². The molecule has 0 N–H and O–H groups in total. The molecule has 1 fully saturated rings. The molecule has 7 atom stereocenters. The number of allylic oxidation sites excluding steroid dienone is 2. The maximum atomic E-state index is 13.1. The van der Waals surface area contributed by atoms with Crippen molar-refractivity contribution in [3.05, 3.63) is 11.6 Å². The van der Waals surface area contributed by atoms with E-state index in [0.717, 1.165) is 128 Å². The second-order valence-electron chi connectivity index (χ2n) is 33.1. The molecule has 20 nitrogen and oxygen atoms in total. The van der Waals surface area contributed by atoms with Crippen LogP contribution >= 0.6 is 15.6 Å². The van der Waals surface area contributed by atoms with Crippen molar-refractivity contribution in [3.8, 4) is 0 Å². The summed E-state index contributed by atoms with van der Waals surface area (Å²) in [5.74, 6) is -0.925. The van der Waals surface area contributed by atoms with E-state index in [1.54, 1.807) is 5.57 Å². The van der Waals surface area contributed by atoms with E-state index in [1.807, 2.05) is 42.3 Å². The number of rotatable bonds is 77. The highest BCUT2D eigenvalue weighted by molar-refractivity contribution is 7.46. The van der Waals surface area contributed by atoms with Gasteiger partial charge in [-0.05, 0) is 69.6 Å². The van der Waals surface area contributed by atoms with Crippen LogP contribution in [0.2, 0.25) is 0 Å². The number of phosphoric acid groups is 2. The standard InChI is InChI=1S/C84H158N2O18P2/c1-9-11-13-15-17-19-21-24-29-34-40-46-52-58-80(87)97-70-77(72-101-105(92,93)99-65-62-85(3,4)5)103-82(89)60-54-48-42-36-31-27-23-26-28-33-39-45-51-57-74-67-76-68-75(74)69-79(76)84(91)96-64-56-50-44-38-32-37-43-49-55-61-83(90)104-78(73-102-106(94,95)100-66-63-86(6,7)8)71-98-81(88)59-53-47-41-35-30-25-22-20-18-16-14-12-10-2/h67,75-79H,9-66,68-73H2,1-8H3/t75?,76?,77-,78+,79?/m1/s1. The summed E-state index contributed by atoms with van der Waals surface area (Å²) in [4.78, 5) is 89.2. The molecule has 5 unspecified atom stereocenters. The maximum Gasteiger partial charge on any atom is 0.309 e. The smallest absolute Gasteiger partial charge is 0.309 e. The van der Waals surface area contributed by atoms with Crippen LogP contribution in [-0.4, -0.2) is 153 Å². The van der Waals surface area contributed by atoms with Crippen molar-refractivity contribution in [1.29, 1.82) is 0 Å². The largest absolute Gasteiger partial charge is 0.756 e. The van der Waals surface area contributed by atoms with Gasteiger partial charge in [0, 0.05) is 25.7 Å². The number of esters is 5. The fourth-order valence-electron chi connectivity index (χ4n) is 14.0. The summed E-state index contributed by atoms with van der Waals surface area (Å²) in [6.45, 7) is 4.21. The normalized spacial score (nSPS) is 16.8. The van der Waals surface area contributed by atoms with Crippen LogP contribution < -0.4 is 9.79 Å². The topological polar surface area (TPSA) is 249 Å². The van der Waals surface area contributed by atoms with Crippen molar-refractivity contribution in [2.45, 2.75) is 379 Å². The minimum Gasteiger partial charge on any atom is -0.756 e. The van der Waals surface area contributed by atoms with Gasteiger partial charge in [0.2, 0.25) is 0 Å². The zero-order chi connectivity index (χ0) is 77.7. The van der Waals surface area contributed by atoms with Crippen LogP contribution in [0.25, 0.3) is 0 Å². The van der Waals surface area contributed by atoms with E-state index in [0.29, 0.717) is 59.8 Å². The van der Waals surface area contributed by atoms with Crippen LogP contribution in [0, 0.1) is 17.8 Å². The highest BCUT2D eigenvalue weighted by Crippen LogP contribution is 2.49. The molecular weight excluding hydrogens is 1390 g/mol. The number of likely N-dealkylation sites (N-methyl/N-ethyl adjacent to an activating group) is 2. The van der Waals surface area contributed by atoms with Gasteiger partial charge in [-0.2, -0.15) is 0 Å². The third-order valence-corrected chi connectivity index (χ3v) is 22.7. The molecule has 2 rings (SSSR count). The molecule has 2 aliphatic rings. The lowest BCUT2D eigenvalue weighted by atomic mass is 9.87. The molecule has 0 aliphatic heterocycles. The summed E-state index contributed by atoms with van der Waals surface area (Å²) in [7, 11) is 2.20. The van der Waals surface area contributed by atoms with E-state index in [-0.39, 0.29) is 64.0 Å². The third kappa shape index (κ3) is 60.0.